The van der Waals surface area contributed by atoms with E-state index in [2.05, 4.69) is 5.32 Å². The number of hydrogen-bond acceptors (Lipinski definition) is 6. The summed E-state index contributed by atoms with van der Waals surface area (Å²) in [6.45, 7) is 2.56. The summed E-state index contributed by atoms with van der Waals surface area (Å²) < 4.78 is 32.9. The Kier molecular flexibility index (Phi) is 6.37. The Morgan fingerprint density at radius 1 is 1.13 bits per heavy atom. The Morgan fingerprint density at radius 3 is 2.47 bits per heavy atom. The molecule has 0 aliphatic carbocycles. The zero-order chi connectivity index (χ0) is 21.9. The molecule has 160 valence electrons. The van der Waals surface area contributed by atoms with Crippen LogP contribution in [0.2, 0.25) is 0 Å². The lowest BCUT2D eigenvalue weighted by molar-refractivity contribution is -0.384. The number of nitrogens with one attached hydrogen (secondary N) is 1. The minimum Gasteiger partial charge on any atom is -0.495 e. The standard InChI is InChI=1S/C20H23N3O6S/c1-14-6-8-16(23(25)26)13-17(14)21-20(24)15-7-9-18(29-2)19(12-15)30(27,28)22-10-4-3-5-11-22/h6-9,12-13H,3-5,10-11H2,1-2H3,(H,21,24). The normalized spacial score (nSPS) is 14.9. The number of non-ortho nitro benzene ring substituents is 1. The summed E-state index contributed by atoms with van der Waals surface area (Å²) in [5.74, 6) is -0.417. The van der Waals surface area contributed by atoms with E-state index in [4.69, 9.17) is 4.74 Å². The molecular weight excluding hydrogens is 410 g/mol. The zero-order valence-electron chi connectivity index (χ0n) is 16.8. The van der Waals surface area contributed by atoms with Crippen LogP contribution in [0.4, 0.5) is 11.4 Å². The molecule has 0 spiro atoms. The average Bonchev–Trinajstić information content (AvgIpc) is 2.75. The van der Waals surface area contributed by atoms with Gasteiger partial charge in [0.1, 0.15) is 10.6 Å². The lowest BCUT2D eigenvalue weighted by atomic mass is 10.1. The van der Waals surface area contributed by atoms with Crippen molar-refractivity contribution in [3.63, 3.8) is 0 Å². The molecule has 2 aromatic rings. The summed E-state index contributed by atoms with van der Waals surface area (Å²) in [7, 11) is -2.45. The van der Waals surface area contributed by atoms with Gasteiger partial charge >= 0.3 is 0 Å². The molecule has 10 heteroatoms. The van der Waals surface area contributed by atoms with Gasteiger partial charge in [-0.05, 0) is 43.5 Å². The van der Waals surface area contributed by atoms with Crippen LogP contribution in [-0.2, 0) is 10.0 Å². The van der Waals surface area contributed by atoms with E-state index < -0.39 is 20.9 Å². The van der Waals surface area contributed by atoms with E-state index in [9.17, 15) is 23.3 Å². The van der Waals surface area contributed by atoms with Crippen molar-refractivity contribution in [1.82, 2.24) is 4.31 Å². The lowest BCUT2D eigenvalue weighted by Gasteiger charge is -2.26. The number of anilines is 1. The van der Waals surface area contributed by atoms with Crippen LogP contribution in [0.15, 0.2) is 41.3 Å². The summed E-state index contributed by atoms with van der Waals surface area (Å²) in [4.78, 5) is 23.2. The number of benzene rings is 2. The van der Waals surface area contributed by atoms with Crippen molar-refractivity contribution in [3.05, 3.63) is 57.6 Å². The number of nitro groups is 1. The second-order valence-electron chi connectivity index (χ2n) is 7.04. The fourth-order valence-corrected chi connectivity index (χ4v) is 5.02. The van der Waals surface area contributed by atoms with Gasteiger partial charge in [0.15, 0.2) is 0 Å². The van der Waals surface area contributed by atoms with Crippen molar-refractivity contribution in [2.24, 2.45) is 0 Å². The molecule has 1 fully saturated rings. The molecule has 0 aromatic heterocycles. The van der Waals surface area contributed by atoms with E-state index in [1.165, 1.54) is 47.8 Å². The summed E-state index contributed by atoms with van der Waals surface area (Å²) in [6, 6.07) is 8.32. The minimum atomic E-state index is -3.82. The summed E-state index contributed by atoms with van der Waals surface area (Å²) in [6.07, 6.45) is 2.55. The minimum absolute atomic E-state index is 0.0738. The monoisotopic (exact) mass is 433 g/mol. The predicted octanol–water partition coefficient (Wildman–Crippen LogP) is 3.34. The first kappa shape index (κ1) is 21.7. The number of sulfonamides is 1. The smallest absolute Gasteiger partial charge is 0.271 e. The highest BCUT2D eigenvalue weighted by Crippen LogP contribution is 2.30. The SMILES string of the molecule is COc1ccc(C(=O)Nc2cc([N+](=O)[O-])ccc2C)cc1S(=O)(=O)N1CCCCC1. The second-order valence-corrected chi connectivity index (χ2v) is 8.95. The number of carbonyl (C=O) groups excluding carboxylic acids is 1. The third-order valence-electron chi connectivity index (χ3n) is 5.04. The highest BCUT2D eigenvalue weighted by molar-refractivity contribution is 7.89. The molecular formula is C20H23N3O6S. The number of amides is 1. The highest BCUT2D eigenvalue weighted by atomic mass is 32.2. The number of hydrogen-bond donors (Lipinski definition) is 1. The molecule has 1 N–H and O–H groups in total. The number of nitrogens with zero attached hydrogens (tertiary/aromatic N) is 2. The number of aryl methyl sites for hydroxylation is 1. The van der Waals surface area contributed by atoms with E-state index >= 15 is 0 Å². The van der Waals surface area contributed by atoms with Crippen molar-refractivity contribution in [3.8, 4) is 5.75 Å². The number of nitro benzene ring substituents is 1. The Balaban J connectivity index is 1.94. The number of carbonyl (C=O) groups is 1. The molecule has 0 bridgehead atoms. The lowest BCUT2D eigenvalue weighted by Crippen LogP contribution is -2.35. The number of rotatable bonds is 6. The number of piperidine rings is 1. The third kappa shape index (κ3) is 4.44. The molecule has 1 aliphatic rings. The van der Waals surface area contributed by atoms with Gasteiger partial charge in [-0.15, -0.1) is 0 Å². The second kappa shape index (κ2) is 8.80. The van der Waals surface area contributed by atoms with Crippen LogP contribution >= 0.6 is 0 Å². The van der Waals surface area contributed by atoms with Gasteiger partial charge in [0.05, 0.1) is 17.7 Å². The van der Waals surface area contributed by atoms with Crippen LogP contribution in [0.3, 0.4) is 0 Å². The number of ether oxygens (including phenoxy) is 1. The Morgan fingerprint density at radius 2 is 1.83 bits per heavy atom. The highest BCUT2D eigenvalue weighted by Gasteiger charge is 2.29. The Hall–Kier alpha value is -2.98. The molecule has 9 nitrogen and oxygen atoms in total. The van der Waals surface area contributed by atoms with Gasteiger partial charge < -0.3 is 10.1 Å². The third-order valence-corrected chi connectivity index (χ3v) is 6.96. The van der Waals surface area contributed by atoms with Gasteiger partial charge in [-0.1, -0.05) is 12.5 Å². The predicted molar refractivity (Wildman–Crippen MR) is 111 cm³/mol. The number of methoxy groups -OCH3 is 1. The van der Waals surface area contributed by atoms with E-state index in [0.29, 0.717) is 18.7 Å². The molecule has 30 heavy (non-hydrogen) atoms. The van der Waals surface area contributed by atoms with Crippen molar-refractivity contribution in [1.29, 1.82) is 0 Å². The van der Waals surface area contributed by atoms with Gasteiger partial charge in [0.2, 0.25) is 10.0 Å². The van der Waals surface area contributed by atoms with Gasteiger partial charge in [0.25, 0.3) is 11.6 Å². The summed E-state index contributed by atoms with van der Waals surface area (Å²) in [5.41, 5.74) is 0.880. The van der Waals surface area contributed by atoms with E-state index in [0.717, 1.165) is 19.3 Å². The van der Waals surface area contributed by atoms with Crippen molar-refractivity contribution < 1.29 is 22.9 Å². The van der Waals surface area contributed by atoms with Crippen molar-refractivity contribution >= 4 is 27.3 Å². The fraction of sp³-hybridized carbons (Fsp3) is 0.350. The molecule has 1 amide bonds. The molecule has 3 rings (SSSR count). The molecule has 0 unspecified atom stereocenters. The summed E-state index contributed by atoms with van der Waals surface area (Å²) in [5, 5.41) is 13.6. The summed E-state index contributed by atoms with van der Waals surface area (Å²) >= 11 is 0. The first-order valence-electron chi connectivity index (χ1n) is 9.48. The Labute approximate surface area is 174 Å². The van der Waals surface area contributed by atoms with Gasteiger partial charge in [-0.2, -0.15) is 4.31 Å². The molecule has 0 radical (unpaired) electrons. The Bertz CT molecular complexity index is 1080. The van der Waals surface area contributed by atoms with Crippen LogP contribution in [0, 0.1) is 17.0 Å². The quantitative estimate of drug-likeness (QED) is 0.551. The molecule has 1 heterocycles. The molecule has 0 saturated carbocycles. The topological polar surface area (TPSA) is 119 Å². The molecule has 2 aromatic carbocycles. The first-order chi connectivity index (χ1) is 14.2. The van der Waals surface area contributed by atoms with Crippen LogP contribution < -0.4 is 10.1 Å². The van der Waals surface area contributed by atoms with Crippen molar-refractivity contribution in [2.75, 3.05) is 25.5 Å². The molecule has 1 aliphatic heterocycles. The molecule has 0 atom stereocenters. The maximum Gasteiger partial charge on any atom is 0.271 e. The van der Waals surface area contributed by atoms with E-state index in [-0.39, 0.29) is 27.6 Å². The van der Waals surface area contributed by atoms with Gasteiger partial charge in [-0.25, -0.2) is 8.42 Å². The van der Waals surface area contributed by atoms with Gasteiger partial charge in [-0.3, -0.25) is 14.9 Å². The zero-order valence-corrected chi connectivity index (χ0v) is 17.6. The first-order valence-corrected chi connectivity index (χ1v) is 10.9. The van der Waals surface area contributed by atoms with E-state index in [1.54, 1.807) is 6.92 Å². The van der Waals surface area contributed by atoms with Crippen LogP contribution in [0.5, 0.6) is 5.75 Å². The average molecular weight is 433 g/mol. The maximum atomic E-state index is 13.1. The van der Waals surface area contributed by atoms with Crippen molar-refractivity contribution in [2.45, 2.75) is 31.1 Å². The fourth-order valence-electron chi connectivity index (χ4n) is 3.32. The van der Waals surface area contributed by atoms with Crippen LogP contribution in [0.1, 0.15) is 35.2 Å². The van der Waals surface area contributed by atoms with Crippen LogP contribution in [0.25, 0.3) is 0 Å². The van der Waals surface area contributed by atoms with E-state index in [1.807, 2.05) is 0 Å². The van der Waals surface area contributed by atoms with Gasteiger partial charge in [0, 0.05) is 30.8 Å². The van der Waals surface area contributed by atoms with Crippen LogP contribution in [-0.4, -0.2) is 43.8 Å². The molecule has 1 saturated heterocycles. The maximum absolute atomic E-state index is 13.1. The largest absolute Gasteiger partial charge is 0.495 e.